The van der Waals surface area contributed by atoms with E-state index in [2.05, 4.69) is 35.9 Å². The standard InChI is InChI=1S/C16H14N2O/c1-11-3-4-14(9-12(11)2)16-18-15(10-19-16)13-5-7-17-8-6-13/h3-10H,1-2H3. The molecule has 0 saturated heterocycles. The van der Waals surface area contributed by atoms with Crippen LogP contribution in [0.15, 0.2) is 53.4 Å². The van der Waals surface area contributed by atoms with Crippen molar-refractivity contribution in [1.82, 2.24) is 9.97 Å². The van der Waals surface area contributed by atoms with E-state index in [9.17, 15) is 0 Å². The summed E-state index contributed by atoms with van der Waals surface area (Å²) >= 11 is 0. The first-order chi connectivity index (χ1) is 9.24. The lowest BCUT2D eigenvalue weighted by Gasteiger charge is -2.01. The lowest BCUT2D eigenvalue weighted by atomic mass is 10.1. The molecule has 1 aromatic carbocycles. The van der Waals surface area contributed by atoms with E-state index in [1.165, 1.54) is 11.1 Å². The fraction of sp³-hybridized carbons (Fsp3) is 0.125. The summed E-state index contributed by atoms with van der Waals surface area (Å²) in [4.78, 5) is 8.53. The summed E-state index contributed by atoms with van der Waals surface area (Å²) in [6.07, 6.45) is 5.18. The molecule has 3 aromatic rings. The Balaban J connectivity index is 1.99. The van der Waals surface area contributed by atoms with Crippen LogP contribution in [0.1, 0.15) is 11.1 Å². The highest BCUT2D eigenvalue weighted by molar-refractivity contribution is 5.62. The Morgan fingerprint density at radius 3 is 2.42 bits per heavy atom. The maximum absolute atomic E-state index is 5.57. The van der Waals surface area contributed by atoms with Crippen molar-refractivity contribution in [2.45, 2.75) is 13.8 Å². The van der Waals surface area contributed by atoms with Gasteiger partial charge in [0, 0.05) is 23.5 Å². The Hall–Kier alpha value is -2.42. The van der Waals surface area contributed by atoms with Crippen LogP contribution in [0.25, 0.3) is 22.7 Å². The van der Waals surface area contributed by atoms with Crippen LogP contribution in [-0.2, 0) is 0 Å². The van der Waals surface area contributed by atoms with Crippen LogP contribution in [0, 0.1) is 13.8 Å². The lowest BCUT2D eigenvalue weighted by Crippen LogP contribution is -1.84. The molecule has 3 rings (SSSR count). The number of oxazole rings is 1. The monoisotopic (exact) mass is 250 g/mol. The van der Waals surface area contributed by atoms with Crippen molar-refractivity contribution in [2.24, 2.45) is 0 Å². The molecule has 0 amide bonds. The van der Waals surface area contributed by atoms with Gasteiger partial charge < -0.3 is 4.42 Å². The van der Waals surface area contributed by atoms with E-state index in [1.54, 1.807) is 18.7 Å². The van der Waals surface area contributed by atoms with Crippen LogP contribution in [-0.4, -0.2) is 9.97 Å². The normalized spacial score (nSPS) is 10.6. The highest BCUT2D eigenvalue weighted by atomic mass is 16.3. The predicted molar refractivity (Wildman–Crippen MR) is 74.6 cm³/mol. The van der Waals surface area contributed by atoms with Gasteiger partial charge in [-0.1, -0.05) is 6.07 Å². The average molecular weight is 250 g/mol. The SMILES string of the molecule is Cc1ccc(-c2nc(-c3ccncc3)co2)cc1C. The van der Waals surface area contributed by atoms with E-state index in [-0.39, 0.29) is 0 Å². The van der Waals surface area contributed by atoms with Gasteiger partial charge in [0.15, 0.2) is 0 Å². The summed E-state index contributed by atoms with van der Waals surface area (Å²) in [5, 5.41) is 0. The van der Waals surface area contributed by atoms with Crippen molar-refractivity contribution >= 4 is 0 Å². The topological polar surface area (TPSA) is 38.9 Å². The lowest BCUT2D eigenvalue weighted by molar-refractivity contribution is 0.575. The van der Waals surface area contributed by atoms with Crippen molar-refractivity contribution in [2.75, 3.05) is 0 Å². The molecule has 0 aliphatic carbocycles. The Kier molecular flexibility index (Phi) is 2.88. The van der Waals surface area contributed by atoms with E-state index in [0.717, 1.165) is 16.8 Å². The van der Waals surface area contributed by atoms with Gasteiger partial charge in [-0.3, -0.25) is 4.98 Å². The largest absolute Gasteiger partial charge is 0.444 e. The number of hydrogen-bond donors (Lipinski definition) is 0. The van der Waals surface area contributed by atoms with Crippen molar-refractivity contribution in [3.63, 3.8) is 0 Å². The van der Waals surface area contributed by atoms with Gasteiger partial charge in [0.1, 0.15) is 12.0 Å². The first kappa shape index (κ1) is 11.7. The molecule has 0 unspecified atom stereocenters. The van der Waals surface area contributed by atoms with Crippen molar-refractivity contribution < 1.29 is 4.42 Å². The molecule has 0 radical (unpaired) electrons. The number of pyridine rings is 1. The van der Waals surface area contributed by atoms with Crippen LogP contribution in [0.3, 0.4) is 0 Å². The van der Waals surface area contributed by atoms with Crippen LogP contribution in [0.5, 0.6) is 0 Å². The third kappa shape index (κ3) is 2.27. The number of rotatable bonds is 2. The summed E-state index contributed by atoms with van der Waals surface area (Å²) < 4.78 is 5.57. The number of benzene rings is 1. The summed E-state index contributed by atoms with van der Waals surface area (Å²) in [6.45, 7) is 4.18. The number of nitrogens with zero attached hydrogens (tertiary/aromatic N) is 2. The molecular weight excluding hydrogens is 236 g/mol. The van der Waals surface area contributed by atoms with E-state index in [4.69, 9.17) is 4.42 Å². The Bertz CT molecular complexity index is 702. The van der Waals surface area contributed by atoms with Gasteiger partial charge in [-0.15, -0.1) is 0 Å². The molecule has 3 nitrogen and oxygen atoms in total. The van der Waals surface area contributed by atoms with Gasteiger partial charge in [-0.25, -0.2) is 4.98 Å². The number of aryl methyl sites for hydroxylation is 2. The molecule has 2 heterocycles. The first-order valence-corrected chi connectivity index (χ1v) is 6.17. The molecule has 19 heavy (non-hydrogen) atoms. The zero-order valence-electron chi connectivity index (χ0n) is 10.9. The number of hydrogen-bond acceptors (Lipinski definition) is 3. The molecule has 0 N–H and O–H groups in total. The summed E-state index contributed by atoms with van der Waals surface area (Å²) in [5.41, 5.74) is 5.35. The second-order valence-corrected chi connectivity index (χ2v) is 4.57. The molecule has 0 saturated carbocycles. The number of aromatic nitrogens is 2. The predicted octanol–water partition coefficient (Wildman–Crippen LogP) is 4.02. The fourth-order valence-corrected chi connectivity index (χ4v) is 1.94. The molecule has 2 aromatic heterocycles. The highest BCUT2D eigenvalue weighted by Crippen LogP contribution is 2.25. The Labute approximate surface area is 112 Å². The molecule has 0 aliphatic rings. The minimum absolute atomic E-state index is 0.648. The van der Waals surface area contributed by atoms with Crippen LogP contribution >= 0.6 is 0 Å². The van der Waals surface area contributed by atoms with Crippen LogP contribution < -0.4 is 0 Å². The quantitative estimate of drug-likeness (QED) is 0.689. The highest BCUT2D eigenvalue weighted by Gasteiger charge is 2.08. The summed E-state index contributed by atoms with van der Waals surface area (Å²) in [5.74, 6) is 0.648. The van der Waals surface area contributed by atoms with Gasteiger partial charge >= 0.3 is 0 Å². The minimum Gasteiger partial charge on any atom is -0.444 e. The van der Waals surface area contributed by atoms with Crippen LogP contribution in [0.4, 0.5) is 0 Å². The third-order valence-electron chi connectivity index (χ3n) is 3.23. The van der Waals surface area contributed by atoms with E-state index < -0.39 is 0 Å². The zero-order chi connectivity index (χ0) is 13.2. The van der Waals surface area contributed by atoms with Crippen molar-refractivity contribution in [3.05, 3.63) is 60.1 Å². The zero-order valence-corrected chi connectivity index (χ0v) is 10.9. The molecular formula is C16H14N2O. The van der Waals surface area contributed by atoms with Crippen LogP contribution in [0.2, 0.25) is 0 Å². The van der Waals surface area contributed by atoms with Crippen molar-refractivity contribution in [3.8, 4) is 22.7 Å². The maximum atomic E-state index is 5.57. The molecule has 0 aliphatic heterocycles. The summed E-state index contributed by atoms with van der Waals surface area (Å²) in [6, 6.07) is 10.0. The smallest absolute Gasteiger partial charge is 0.226 e. The molecule has 0 bridgehead atoms. The molecule has 0 spiro atoms. The summed E-state index contributed by atoms with van der Waals surface area (Å²) in [7, 11) is 0. The van der Waals surface area contributed by atoms with E-state index in [0.29, 0.717) is 5.89 Å². The molecule has 94 valence electrons. The van der Waals surface area contributed by atoms with Gasteiger partial charge in [-0.05, 0) is 49.2 Å². The second-order valence-electron chi connectivity index (χ2n) is 4.57. The van der Waals surface area contributed by atoms with Gasteiger partial charge in [0.2, 0.25) is 5.89 Å². The molecule has 3 heteroatoms. The minimum atomic E-state index is 0.648. The van der Waals surface area contributed by atoms with Gasteiger partial charge in [-0.2, -0.15) is 0 Å². The molecule has 0 fully saturated rings. The van der Waals surface area contributed by atoms with Gasteiger partial charge in [0.05, 0.1) is 0 Å². The third-order valence-corrected chi connectivity index (χ3v) is 3.23. The van der Waals surface area contributed by atoms with Crippen molar-refractivity contribution in [1.29, 1.82) is 0 Å². The van der Waals surface area contributed by atoms with E-state index in [1.807, 2.05) is 18.2 Å². The fourth-order valence-electron chi connectivity index (χ4n) is 1.94. The Morgan fingerprint density at radius 1 is 0.895 bits per heavy atom. The average Bonchev–Trinajstić information content (AvgIpc) is 2.93. The molecule has 0 atom stereocenters. The first-order valence-electron chi connectivity index (χ1n) is 6.17. The maximum Gasteiger partial charge on any atom is 0.226 e. The van der Waals surface area contributed by atoms with Gasteiger partial charge in [0.25, 0.3) is 0 Å². The van der Waals surface area contributed by atoms with E-state index >= 15 is 0 Å². The second kappa shape index (κ2) is 4.69. The Morgan fingerprint density at radius 2 is 1.68 bits per heavy atom.